The van der Waals surface area contributed by atoms with Crippen molar-refractivity contribution in [1.29, 1.82) is 0 Å². The topological polar surface area (TPSA) is 163 Å². The maximum atomic E-state index is 13.4. The summed E-state index contributed by atoms with van der Waals surface area (Å²) in [5, 5.41) is 17.8. The molecule has 1 aromatic carbocycles. The lowest BCUT2D eigenvalue weighted by Gasteiger charge is -2.21. The molecule has 0 amide bonds. The number of benzene rings is 1. The smallest absolute Gasteiger partial charge is 0.243 e. The van der Waals surface area contributed by atoms with E-state index < -0.39 is 21.4 Å². The molecule has 0 saturated heterocycles. The van der Waals surface area contributed by atoms with E-state index in [0.717, 1.165) is 0 Å². The number of sulfonamides is 1. The lowest BCUT2D eigenvalue weighted by Crippen LogP contribution is -2.32. The second-order valence-electron chi connectivity index (χ2n) is 8.12. The van der Waals surface area contributed by atoms with Gasteiger partial charge in [-0.3, -0.25) is 9.29 Å². The summed E-state index contributed by atoms with van der Waals surface area (Å²) in [6, 6.07) is 10.1. The van der Waals surface area contributed by atoms with Crippen molar-refractivity contribution in [2.45, 2.75) is 25.2 Å². The number of aromatic nitrogens is 6. The zero-order valence-corrected chi connectivity index (χ0v) is 22.2. The monoisotopic (exact) mass is 541 g/mol. The predicted octanol–water partition coefficient (Wildman–Crippen LogP) is 2.32. The highest BCUT2D eigenvalue weighted by Crippen LogP contribution is 2.38. The average Bonchev–Trinajstić information content (AvgIpc) is 3.34. The number of methoxy groups -OCH3 is 3. The Labute approximate surface area is 219 Å². The highest BCUT2D eigenvalue weighted by atomic mass is 32.2. The fraction of sp³-hybridized carbons (Fsp3) is 0.292. The van der Waals surface area contributed by atoms with Crippen LogP contribution in [0.1, 0.15) is 24.4 Å². The summed E-state index contributed by atoms with van der Waals surface area (Å²) in [6.07, 6.45) is 1.35. The van der Waals surface area contributed by atoms with Gasteiger partial charge in [-0.05, 0) is 32.0 Å². The molecule has 200 valence electrons. The van der Waals surface area contributed by atoms with Crippen LogP contribution >= 0.6 is 0 Å². The molecule has 0 spiro atoms. The first kappa shape index (κ1) is 26.8. The maximum absolute atomic E-state index is 13.4. The predicted molar refractivity (Wildman–Crippen MR) is 138 cm³/mol. The van der Waals surface area contributed by atoms with Crippen molar-refractivity contribution in [2.75, 3.05) is 26.1 Å². The highest BCUT2D eigenvalue weighted by Gasteiger charge is 2.33. The van der Waals surface area contributed by atoms with Gasteiger partial charge in [0.25, 0.3) is 0 Å². The quantitative estimate of drug-likeness (QED) is 0.303. The molecule has 38 heavy (non-hydrogen) atoms. The number of aryl methyl sites for hydroxylation is 1. The van der Waals surface area contributed by atoms with Crippen molar-refractivity contribution in [2.24, 2.45) is 0 Å². The summed E-state index contributed by atoms with van der Waals surface area (Å²) in [6.45, 7) is 3.05. The van der Waals surface area contributed by atoms with Gasteiger partial charge in [-0.15, -0.1) is 10.2 Å². The van der Waals surface area contributed by atoms with Crippen LogP contribution in [0.25, 0.3) is 17.2 Å². The highest BCUT2D eigenvalue weighted by molar-refractivity contribution is 7.93. The first-order chi connectivity index (χ1) is 18.2. The Bertz CT molecular complexity index is 1500. The molecule has 4 rings (SSSR count). The number of anilines is 1. The summed E-state index contributed by atoms with van der Waals surface area (Å²) < 4.78 is 47.1. The summed E-state index contributed by atoms with van der Waals surface area (Å²) in [5.41, 5.74) is 0.933. The van der Waals surface area contributed by atoms with Crippen molar-refractivity contribution in [3.63, 3.8) is 0 Å². The van der Waals surface area contributed by atoms with Crippen molar-refractivity contribution >= 4 is 16.0 Å². The Morgan fingerprint density at radius 2 is 1.58 bits per heavy atom. The zero-order chi connectivity index (χ0) is 27.4. The second-order valence-corrected chi connectivity index (χ2v) is 10.2. The van der Waals surface area contributed by atoms with Crippen LogP contribution in [0, 0.1) is 6.92 Å². The van der Waals surface area contributed by atoms with Gasteiger partial charge in [-0.25, -0.2) is 23.4 Å². The number of aliphatic hydroxyl groups is 1. The van der Waals surface area contributed by atoms with Crippen LogP contribution in [-0.2, 0) is 10.0 Å². The lowest BCUT2D eigenvalue weighted by atomic mass is 10.1. The number of rotatable bonds is 10. The van der Waals surface area contributed by atoms with E-state index in [2.05, 4.69) is 29.9 Å². The van der Waals surface area contributed by atoms with E-state index in [-0.39, 0.29) is 17.3 Å². The molecule has 0 radical (unpaired) electrons. The number of nitrogens with zero attached hydrogens (tertiary/aromatic N) is 6. The molecule has 14 heteroatoms. The standard InChI is InChI=1S/C24H27N7O6S/c1-14(22(32)16-12-25-15(2)26-13-16)38(33,34)30-24-29-28-23(17-8-6-11-20(27-17)37-5)31(24)21-18(35-3)9-7-10-19(21)36-4/h6-14,22,32H,1-5H3,(H,29,30)/t14-,22-/m1/s1. The van der Waals surface area contributed by atoms with Crippen molar-refractivity contribution in [3.05, 3.63) is 60.2 Å². The number of pyridine rings is 1. The van der Waals surface area contributed by atoms with Gasteiger partial charge < -0.3 is 19.3 Å². The Morgan fingerprint density at radius 1 is 0.947 bits per heavy atom. The third-order valence-corrected chi connectivity index (χ3v) is 7.46. The number of hydrogen-bond donors (Lipinski definition) is 2. The van der Waals surface area contributed by atoms with Gasteiger partial charge in [0.2, 0.25) is 21.9 Å². The van der Waals surface area contributed by atoms with Crippen LogP contribution in [-0.4, -0.2) is 69.8 Å². The molecule has 0 saturated carbocycles. The average molecular weight is 542 g/mol. The Hall–Kier alpha value is -4.30. The largest absolute Gasteiger partial charge is 0.494 e. The fourth-order valence-electron chi connectivity index (χ4n) is 3.65. The molecule has 0 aliphatic carbocycles. The van der Waals surface area contributed by atoms with Crippen molar-refractivity contribution in [3.8, 4) is 34.6 Å². The lowest BCUT2D eigenvalue weighted by molar-refractivity contribution is 0.175. The molecule has 0 fully saturated rings. The summed E-state index contributed by atoms with van der Waals surface area (Å²) >= 11 is 0. The molecule has 0 aliphatic rings. The minimum Gasteiger partial charge on any atom is -0.494 e. The molecule has 3 heterocycles. The van der Waals surface area contributed by atoms with Crippen LogP contribution in [0.4, 0.5) is 5.95 Å². The van der Waals surface area contributed by atoms with Crippen molar-refractivity contribution in [1.82, 2.24) is 29.7 Å². The molecule has 4 aromatic rings. The molecule has 0 unspecified atom stereocenters. The molecule has 0 aliphatic heterocycles. The van der Waals surface area contributed by atoms with E-state index in [9.17, 15) is 13.5 Å². The third-order valence-electron chi connectivity index (χ3n) is 5.76. The fourth-order valence-corrected chi connectivity index (χ4v) is 4.72. The molecule has 0 bridgehead atoms. The van der Waals surface area contributed by atoms with E-state index >= 15 is 0 Å². The third kappa shape index (κ3) is 5.21. The summed E-state index contributed by atoms with van der Waals surface area (Å²) in [7, 11) is 0.190. The molecule has 2 N–H and O–H groups in total. The minimum absolute atomic E-state index is 0.174. The summed E-state index contributed by atoms with van der Waals surface area (Å²) in [4.78, 5) is 12.5. The number of ether oxygens (including phenoxy) is 3. The van der Waals surface area contributed by atoms with E-state index in [1.54, 1.807) is 43.3 Å². The van der Waals surface area contributed by atoms with Gasteiger partial charge >= 0.3 is 0 Å². The Morgan fingerprint density at radius 3 is 2.18 bits per heavy atom. The summed E-state index contributed by atoms with van der Waals surface area (Å²) in [5.74, 6) is 1.55. The van der Waals surface area contributed by atoms with Gasteiger partial charge in [-0.2, -0.15) is 0 Å². The van der Waals surface area contributed by atoms with Crippen LogP contribution in [0.3, 0.4) is 0 Å². The molecular formula is C24H27N7O6S. The van der Waals surface area contributed by atoms with E-state index in [1.165, 1.54) is 45.2 Å². The molecule has 2 atom stereocenters. The van der Waals surface area contributed by atoms with Crippen LogP contribution in [0.15, 0.2) is 48.8 Å². The normalized spacial score (nSPS) is 13.0. The molecule has 13 nitrogen and oxygen atoms in total. The van der Waals surface area contributed by atoms with Gasteiger partial charge in [0.1, 0.15) is 40.1 Å². The Balaban J connectivity index is 1.84. The van der Waals surface area contributed by atoms with Gasteiger partial charge in [0.15, 0.2) is 5.82 Å². The number of aliphatic hydroxyl groups excluding tert-OH is 1. The van der Waals surface area contributed by atoms with Crippen LogP contribution in [0.5, 0.6) is 17.4 Å². The number of para-hydroxylation sites is 1. The van der Waals surface area contributed by atoms with Crippen LogP contribution in [0.2, 0.25) is 0 Å². The SMILES string of the molecule is COc1cccc(-c2nnc(NS(=O)(=O)[C@H](C)[C@@H](O)c3cnc(C)nc3)n2-c2c(OC)cccc2OC)n1. The van der Waals surface area contributed by atoms with E-state index in [4.69, 9.17) is 14.2 Å². The first-order valence-corrected chi connectivity index (χ1v) is 12.9. The van der Waals surface area contributed by atoms with Crippen LogP contribution < -0.4 is 18.9 Å². The first-order valence-electron chi connectivity index (χ1n) is 11.4. The minimum atomic E-state index is -4.23. The maximum Gasteiger partial charge on any atom is 0.243 e. The van der Waals surface area contributed by atoms with Gasteiger partial charge in [-0.1, -0.05) is 12.1 Å². The van der Waals surface area contributed by atoms with Gasteiger partial charge in [0.05, 0.1) is 21.3 Å². The van der Waals surface area contributed by atoms with Crippen molar-refractivity contribution < 1.29 is 27.7 Å². The number of hydrogen-bond acceptors (Lipinski definition) is 11. The van der Waals surface area contributed by atoms with Gasteiger partial charge in [0, 0.05) is 24.0 Å². The second kappa shape index (κ2) is 11.0. The van der Waals surface area contributed by atoms with E-state index in [0.29, 0.717) is 34.6 Å². The number of nitrogens with one attached hydrogen (secondary N) is 1. The zero-order valence-electron chi connectivity index (χ0n) is 21.4. The van der Waals surface area contributed by atoms with E-state index in [1.807, 2.05) is 0 Å². The molecule has 3 aromatic heterocycles. The Kier molecular flexibility index (Phi) is 7.73. The molecular weight excluding hydrogens is 514 g/mol.